The van der Waals surface area contributed by atoms with E-state index >= 15 is 0 Å². The number of halogens is 1. The number of rotatable bonds is 8. The zero-order valence-electron chi connectivity index (χ0n) is 14.2. The molecule has 0 aliphatic carbocycles. The van der Waals surface area contributed by atoms with Crippen LogP contribution in [0.15, 0.2) is 54.6 Å². The summed E-state index contributed by atoms with van der Waals surface area (Å²) in [5.41, 5.74) is 1.87. The number of carbonyl (C=O) groups is 2. The topological polar surface area (TPSA) is 55.4 Å². The number of nitrogens with one attached hydrogen (secondary N) is 1. The predicted octanol–water partition coefficient (Wildman–Crippen LogP) is 3.05. The summed E-state index contributed by atoms with van der Waals surface area (Å²) in [6.45, 7) is 0. The molecule has 0 bridgehead atoms. The van der Waals surface area contributed by atoms with Crippen molar-refractivity contribution >= 4 is 11.9 Å². The number of aryl methyl sites for hydroxylation is 1. The average Bonchev–Trinajstić information content (AvgIpc) is 2.63. The van der Waals surface area contributed by atoms with Crippen LogP contribution in [0.3, 0.4) is 0 Å². The minimum atomic E-state index is -0.679. The molecule has 0 radical (unpaired) electrons. The first-order valence-electron chi connectivity index (χ1n) is 8.24. The van der Waals surface area contributed by atoms with Gasteiger partial charge in [0.05, 0.1) is 13.5 Å². The van der Waals surface area contributed by atoms with Gasteiger partial charge >= 0.3 is 5.97 Å². The second-order valence-corrected chi connectivity index (χ2v) is 5.82. The highest BCUT2D eigenvalue weighted by atomic mass is 19.1. The largest absolute Gasteiger partial charge is 0.467 e. The van der Waals surface area contributed by atoms with E-state index in [1.165, 1.54) is 24.8 Å². The molecule has 0 saturated carbocycles. The molecule has 4 nitrogen and oxygen atoms in total. The molecule has 0 aliphatic heterocycles. The van der Waals surface area contributed by atoms with E-state index in [0.717, 1.165) is 12.8 Å². The SMILES string of the molecule is COC(=O)[C@@H](CCCc1ccccc1)NC(=O)Cc1ccc(F)cc1. The monoisotopic (exact) mass is 343 g/mol. The van der Waals surface area contributed by atoms with E-state index in [1.807, 2.05) is 30.3 Å². The number of amides is 1. The summed E-state index contributed by atoms with van der Waals surface area (Å²) in [7, 11) is 1.30. The summed E-state index contributed by atoms with van der Waals surface area (Å²) in [6, 6.07) is 15.0. The van der Waals surface area contributed by atoms with Gasteiger partial charge in [0, 0.05) is 0 Å². The Labute approximate surface area is 147 Å². The van der Waals surface area contributed by atoms with Crippen molar-refractivity contribution in [3.05, 3.63) is 71.5 Å². The Kier molecular flexibility index (Phi) is 7.14. The minimum Gasteiger partial charge on any atom is -0.467 e. The highest BCUT2D eigenvalue weighted by Crippen LogP contribution is 2.09. The third kappa shape index (κ3) is 6.37. The van der Waals surface area contributed by atoms with Crippen LogP contribution in [0.25, 0.3) is 0 Å². The van der Waals surface area contributed by atoms with Gasteiger partial charge in [0.1, 0.15) is 11.9 Å². The molecule has 0 saturated heterocycles. The summed E-state index contributed by atoms with van der Waals surface area (Å²) >= 11 is 0. The maximum absolute atomic E-state index is 12.9. The van der Waals surface area contributed by atoms with Crippen LogP contribution in [-0.4, -0.2) is 25.0 Å². The lowest BCUT2D eigenvalue weighted by atomic mass is 10.0. The highest BCUT2D eigenvalue weighted by molar-refractivity contribution is 5.85. The van der Waals surface area contributed by atoms with Gasteiger partial charge in [-0.05, 0) is 42.5 Å². The van der Waals surface area contributed by atoms with Crippen LogP contribution in [-0.2, 0) is 27.2 Å². The Bertz CT molecular complexity index is 686. The molecular formula is C20H22FNO3. The zero-order valence-corrected chi connectivity index (χ0v) is 14.2. The number of hydrogen-bond acceptors (Lipinski definition) is 3. The molecule has 0 unspecified atom stereocenters. The molecule has 25 heavy (non-hydrogen) atoms. The number of hydrogen-bond donors (Lipinski definition) is 1. The number of carbonyl (C=O) groups excluding carboxylic acids is 2. The quantitative estimate of drug-likeness (QED) is 0.750. The number of esters is 1. The van der Waals surface area contributed by atoms with Crippen molar-refractivity contribution < 1.29 is 18.7 Å². The summed E-state index contributed by atoms with van der Waals surface area (Å²) in [5, 5.41) is 2.71. The molecule has 1 N–H and O–H groups in total. The summed E-state index contributed by atoms with van der Waals surface area (Å²) < 4.78 is 17.7. The molecule has 1 amide bonds. The molecular weight excluding hydrogens is 321 g/mol. The molecule has 0 heterocycles. The van der Waals surface area contributed by atoms with E-state index in [9.17, 15) is 14.0 Å². The lowest BCUT2D eigenvalue weighted by Crippen LogP contribution is -2.42. The van der Waals surface area contributed by atoms with Gasteiger partial charge in [-0.3, -0.25) is 4.79 Å². The van der Waals surface area contributed by atoms with Crippen LogP contribution >= 0.6 is 0 Å². The van der Waals surface area contributed by atoms with Crippen molar-refractivity contribution in [2.24, 2.45) is 0 Å². The number of methoxy groups -OCH3 is 1. The van der Waals surface area contributed by atoms with Crippen LogP contribution in [0.1, 0.15) is 24.0 Å². The molecule has 132 valence electrons. The van der Waals surface area contributed by atoms with Gasteiger partial charge in [-0.25, -0.2) is 9.18 Å². The molecule has 0 aromatic heterocycles. The summed E-state index contributed by atoms with van der Waals surface area (Å²) in [4.78, 5) is 24.0. The first-order valence-corrected chi connectivity index (χ1v) is 8.24. The number of benzene rings is 2. The van der Waals surface area contributed by atoms with E-state index < -0.39 is 12.0 Å². The van der Waals surface area contributed by atoms with Gasteiger partial charge in [0.15, 0.2) is 0 Å². The Morgan fingerprint density at radius 3 is 2.36 bits per heavy atom. The Morgan fingerprint density at radius 1 is 1.04 bits per heavy atom. The fraction of sp³-hybridized carbons (Fsp3) is 0.300. The molecule has 5 heteroatoms. The smallest absolute Gasteiger partial charge is 0.328 e. The Hall–Kier alpha value is -2.69. The number of ether oxygens (including phenoxy) is 1. The van der Waals surface area contributed by atoms with Gasteiger partial charge in [0.2, 0.25) is 5.91 Å². The fourth-order valence-electron chi connectivity index (χ4n) is 2.58. The van der Waals surface area contributed by atoms with Gasteiger partial charge in [-0.2, -0.15) is 0 Å². The first-order chi connectivity index (χ1) is 12.1. The first kappa shape index (κ1) is 18.6. The Morgan fingerprint density at radius 2 is 1.72 bits per heavy atom. The van der Waals surface area contributed by atoms with Gasteiger partial charge in [-0.1, -0.05) is 42.5 Å². The molecule has 2 aromatic rings. The maximum Gasteiger partial charge on any atom is 0.328 e. The third-order valence-corrected chi connectivity index (χ3v) is 3.90. The van der Waals surface area contributed by atoms with Crippen molar-refractivity contribution in [3.8, 4) is 0 Å². The third-order valence-electron chi connectivity index (χ3n) is 3.90. The van der Waals surface area contributed by atoms with Crippen molar-refractivity contribution in [2.75, 3.05) is 7.11 Å². The standard InChI is InChI=1S/C20H22FNO3/c1-25-20(24)18(9-5-8-15-6-3-2-4-7-15)22-19(23)14-16-10-12-17(21)13-11-16/h2-4,6-7,10-13,18H,5,8-9,14H2,1H3,(H,22,23)/t18-/m1/s1. The van der Waals surface area contributed by atoms with Crippen molar-refractivity contribution in [1.29, 1.82) is 0 Å². The van der Waals surface area contributed by atoms with Crippen LogP contribution in [0.5, 0.6) is 0 Å². The van der Waals surface area contributed by atoms with E-state index in [1.54, 1.807) is 12.1 Å². The predicted molar refractivity (Wildman–Crippen MR) is 93.4 cm³/mol. The van der Waals surface area contributed by atoms with E-state index in [-0.39, 0.29) is 18.1 Å². The van der Waals surface area contributed by atoms with Gasteiger partial charge in [-0.15, -0.1) is 0 Å². The highest BCUT2D eigenvalue weighted by Gasteiger charge is 2.21. The lowest BCUT2D eigenvalue weighted by molar-refractivity contribution is -0.145. The van der Waals surface area contributed by atoms with Crippen LogP contribution < -0.4 is 5.32 Å². The normalized spacial score (nSPS) is 11.6. The Balaban J connectivity index is 1.87. The molecule has 1 atom stereocenters. The summed E-state index contributed by atoms with van der Waals surface area (Å²) in [6.07, 6.45) is 2.16. The molecule has 0 fully saturated rings. The van der Waals surface area contributed by atoms with Crippen LogP contribution in [0.2, 0.25) is 0 Å². The average molecular weight is 343 g/mol. The maximum atomic E-state index is 12.9. The second-order valence-electron chi connectivity index (χ2n) is 5.82. The zero-order chi connectivity index (χ0) is 18.1. The summed E-state index contributed by atoms with van der Waals surface area (Å²) in [5.74, 6) is -1.10. The molecule has 2 rings (SSSR count). The van der Waals surface area contributed by atoms with Crippen LogP contribution in [0, 0.1) is 5.82 Å². The van der Waals surface area contributed by atoms with E-state index in [2.05, 4.69) is 5.32 Å². The molecule has 0 aliphatic rings. The second kappa shape index (κ2) is 9.57. The minimum absolute atomic E-state index is 0.0897. The lowest BCUT2D eigenvalue weighted by Gasteiger charge is -2.16. The van der Waals surface area contributed by atoms with Gasteiger partial charge < -0.3 is 10.1 Å². The van der Waals surface area contributed by atoms with E-state index in [4.69, 9.17) is 4.74 Å². The van der Waals surface area contributed by atoms with Crippen molar-refractivity contribution in [1.82, 2.24) is 5.32 Å². The fourth-order valence-corrected chi connectivity index (χ4v) is 2.58. The van der Waals surface area contributed by atoms with Crippen molar-refractivity contribution in [3.63, 3.8) is 0 Å². The van der Waals surface area contributed by atoms with Gasteiger partial charge in [0.25, 0.3) is 0 Å². The molecule has 2 aromatic carbocycles. The van der Waals surface area contributed by atoms with E-state index in [0.29, 0.717) is 12.0 Å². The molecule has 0 spiro atoms. The van der Waals surface area contributed by atoms with Crippen LogP contribution in [0.4, 0.5) is 4.39 Å². The van der Waals surface area contributed by atoms with Crippen molar-refractivity contribution in [2.45, 2.75) is 31.7 Å².